The van der Waals surface area contributed by atoms with Crippen LogP contribution >= 0.6 is 0 Å². The molecule has 14 heteroatoms. The predicted molar refractivity (Wildman–Crippen MR) is 178 cm³/mol. The number of carbonyl (C=O) groups is 5. The molecule has 0 aliphatic rings. The van der Waals surface area contributed by atoms with Crippen molar-refractivity contribution in [1.82, 2.24) is 5.32 Å². The van der Waals surface area contributed by atoms with Gasteiger partial charge in [0, 0.05) is 24.1 Å². The maximum Gasteiger partial charge on any atom is 0.308 e. The summed E-state index contributed by atoms with van der Waals surface area (Å²) in [5.41, 5.74) is 0.334. The summed E-state index contributed by atoms with van der Waals surface area (Å²) >= 11 is 0. The van der Waals surface area contributed by atoms with Gasteiger partial charge in [-0.15, -0.1) is 0 Å². The van der Waals surface area contributed by atoms with Crippen LogP contribution in [0.4, 0.5) is 23.2 Å². The van der Waals surface area contributed by atoms with Crippen molar-refractivity contribution >= 4 is 35.0 Å². The van der Waals surface area contributed by atoms with Crippen LogP contribution in [0.15, 0.2) is 60.7 Å². The highest BCUT2D eigenvalue weighted by Crippen LogP contribution is 2.27. The SMILES string of the molecule is CC(C)[C@H](CCC(=O)C(=O)Nc1ccc(OCc2ccccc2)cc1)C(=O)NC(CC(=O)OC(C)(C)C)C(=O)COc1c(F)c(F)cc(F)c1F. The van der Waals surface area contributed by atoms with Gasteiger partial charge in [0.1, 0.15) is 30.6 Å². The lowest BCUT2D eigenvalue weighted by Crippen LogP contribution is -2.48. The van der Waals surface area contributed by atoms with E-state index in [2.05, 4.69) is 10.6 Å². The van der Waals surface area contributed by atoms with Crippen molar-refractivity contribution in [3.63, 3.8) is 0 Å². The van der Waals surface area contributed by atoms with Gasteiger partial charge in [0.05, 0.1) is 6.42 Å². The normalized spacial score (nSPS) is 12.4. The van der Waals surface area contributed by atoms with Crippen molar-refractivity contribution in [3.8, 4) is 11.5 Å². The van der Waals surface area contributed by atoms with E-state index >= 15 is 0 Å². The minimum Gasteiger partial charge on any atom is -0.489 e. The molecule has 0 bridgehead atoms. The van der Waals surface area contributed by atoms with E-state index in [1.807, 2.05) is 30.3 Å². The highest BCUT2D eigenvalue weighted by molar-refractivity contribution is 6.40. The van der Waals surface area contributed by atoms with Crippen molar-refractivity contribution in [3.05, 3.63) is 89.5 Å². The third kappa shape index (κ3) is 12.5. The van der Waals surface area contributed by atoms with Gasteiger partial charge in [-0.25, -0.2) is 8.78 Å². The van der Waals surface area contributed by atoms with Gasteiger partial charge in [-0.2, -0.15) is 8.78 Å². The summed E-state index contributed by atoms with van der Waals surface area (Å²) in [6, 6.07) is 14.2. The molecule has 0 heterocycles. The standard InChI is InChI=1S/C37H40F4N2O8/c1-21(2)25(15-16-29(44)36(48)42-23-11-13-24(14-12-23)49-19-22-9-7-6-8-10-22)35(47)43-28(18-31(46)51-37(3,4)5)30(45)20-50-34-32(40)26(38)17-27(39)33(34)41/h6-14,17,21,25,28H,15-16,18-20H2,1-5H3,(H,42,48)(H,43,47)/t25-,28?/m0/s1. The molecule has 0 saturated carbocycles. The summed E-state index contributed by atoms with van der Waals surface area (Å²) in [6.07, 6.45) is -1.20. The summed E-state index contributed by atoms with van der Waals surface area (Å²) < 4.78 is 71.2. The van der Waals surface area contributed by atoms with Crippen LogP contribution in [0.2, 0.25) is 0 Å². The average molecular weight is 717 g/mol. The summed E-state index contributed by atoms with van der Waals surface area (Å²) in [5, 5.41) is 4.89. The average Bonchev–Trinajstić information content (AvgIpc) is 3.06. The predicted octanol–water partition coefficient (Wildman–Crippen LogP) is 6.25. The number of ether oxygens (including phenoxy) is 3. The van der Waals surface area contributed by atoms with Gasteiger partial charge in [-0.1, -0.05) is 44.2 Å². The van der Waals surface area contributed by atoms with Gasteiger partial charge < -0.3 is 24.8 Å². The van der Waals surface area contributed by atoms with E-state index in [-0.39, 0.29) is 18.9 Å². The van der Waals surface area contributed by atoms with Crippen molar-refractivity contribution in [2.75, 3.05) is 11.9 Å². The first-order valence-electron chi connectivity index (χ1n) is 16.1. The van der Waals surface area contributed by atoms with Crippen LogP contribution in [0.1, 0.15) is 59.4 Å². The van der Waals surface area contributed by atoms with E-state index in [9.17, 15) is 41.5 Å². The molecule has 0 fully saturated rings. The fraction of sp³-hybridized carbons (Fsp3) is 0.378. The Morgan fingerprint density at radius 3 is 2.00 bits per heavy atom. The smallest absolute Gasteiger partial charge is 0.308 e. The van der Waals surface area contributed by atoms with Gasteiger partial charge in [0.2, 0.25) is 23.3 Å². The van der Waals surface area contributed by atoms with Gasteiger partial charge in [-0.05, 0) is 62.9 Å². The molecule has 0 aromatic heterocycles. The van der Waals surface area contributed by atoms with Crippen LogP contribution in [-0.4, -0.2) is 47.6 Å². The van der Waals surface area contributed by atoms with Crippen molar-refractivity contribution < 1.29 is 55.7 Å². The third-order valence-corrected chi connectivity index (χ3v) is 7.36. The zero-order valence-electron chi connectivity index (χ0n) is 28.8. The summed E-state index contributed by atoms with van der Waals surface area (Å²) in [7, 11) is 0. The molecule has 274 valence electrons. The molecule has 1 unspecified atom stereocenters. The molecule has 51 heavy (non-hydrogen) atoms. The number of anilines is 1. The van der Waals surface area contributed by atoms with Crippen LogP contribution in [0.5, 0.6) is 11.5 Å². The zero-order chi connectivity index (χ0) is 37.9. The lowest BCUT2D eigenvalue weighted by molar-refractivity contribution is -0.156. The van der Waals surface area contributed by atoms with Gasteiger partial charge in [0.15, 0.2) is 23.2 Å². The maximum atomic E-state index is 14.1. The second-order valence-electron chi connectivity index (χ2n) is 13.0. The lowest BCUT2D eigenvalue weighted by atomic mass is 9.89. The Kier molecular flexibility index (Phi) is 14.3. The van der Waals surface area contributed by atoms with Crippen LogP contribution in [0, 0.1) is 35.1 Å². The third-order valence-electron chi connectivity index (χ3n) is 7.36. The van der Waals surface area contributed by atoms with Crippen molar-refractivity contribution in [1.29, 1.82) is 0 Å². The second-order valence-corrected chi connectivity index (χ2v) is 13.0. The molecule has 3 rings (SSSR count). The highest BCUT2D eigenvalue weighted by Gasteiger charge is 2.32. The number of carbonyl (C=O) groups excluding carboxylic acids is 5. The highest BCUT2D eigenvalue weighted by atomic mass is 19.2. The number of hydrogen-bond acceptors (Lipinski definition) is 8. The molecular formula is C37H40F4N2O8. The second kappa shape index (κ2) is 18.1. The molecule has 0 saturated heterocycles. The molecule has 2 atom stereocenters. The Balaban J connectivity index is 1.63. The fourth-order valence-electron chi connectivity index (χ4n) is 4.74. The lowest BCUT2D eigenvalue weighted by Gasteiger charge is -2.25. The van der Waals surface area contributed by atoms with Gasteiger partial charge >= 0.3 is 5.97 Å². The number of ketones is 2. The molecule has 0 aliphatic carbocycles. The number of amides is 2. The number of halogens is 4. The Morgan fingerprint density at radius 2 is 1.43 bits per heavy atom. The van der Waals surface area contributed by atoms with Crippen LogP contribution in [0.3, 0.4) is 0 Å². The van der Waals surface area contributed by atoms with Gasteiger partial charge in [0.25, 0.3) is 5.91 Å². The number of benzene rings is 3. The van der Waals surface area contributed by atoms with Gasteiger partial charge in [-0.3, -0.25) is 24.0 Å². The number of Topliss-reactive ketones (excluding diaryl/α,β-unsaturated/α-hetero) is 2. The Labute approximate surface area is 292 Å². The molecule has 2 N–H and O–H groups in total. The monoisotopic (exact) mass is 716 g/mol. The minimum atomic E-state index is -1.88. The Hall–Kier alpha value is -5.27. The molecule has 10 nitrogen and oxygen atoms in total. The van der Waals surface area contributed by atoms with Crippen LogP contribution in [0.25, 0.3) is 0 Å². The largest absolute Gasteiger partial charge is 0.489 e. The summed E-state index contributed by atoms with van der Waals surface area (Å²) in [5.74, 6) is -14.1. The molecule has 0 spiro atoms. The van der Waals surface area contributed by atoms with Crippen molar-refractivity contribution in [2.45, 2.75) is 72.1 Å². The van der Waals surface area contributed by atoms with Crippen LogP contribution < -0.4 is 20.1 Å². The first kappa shape index (κ1) is 40.2. The fourth-order valence-corrected chi connectivity index (χ4v) is 4.74. The Morgan fingerprint density at radius 1 is 0.824 bits per heavy atom. The van der Waals surface area contributed by atoms with E-state index < -0.39 is 94.9 Å². The van der Waals surface area contributed by atoms with E-state index in [0.717, 1.165) is 5.56 Å². The topological polar surface area (TPSA) is 137 Å². The molecule has 0 radical (unpaired) electrons. The number of nitrogens with one attached hydrogen (secondary N) is 2. The molecule has 3 aromatic carbocycles. The van der Waals surface area contributed by atoms with E-state index in [1.54, 1.807) is 58.9 Å². The van der Waals surface area contributed by atoms with E-state index in [4.69, 9.17) is 14.2 Å². The zero-order valence-corrected chi connectivity index (χ0v) is 28.8. The van der Waals surface area contributed by atoms with E-state index in [1.165, 1.54) is 0 Å². The first-order valence-corrected chi connectivity index (χ1v) is 16.1. The number of hydrogen-bond donors (Lipinski definition) is 2. The molecular weight excluding hydrogens is 676 g/mol. The first-order chi connectivity index (χ1) is 23.9. The minimum absolute atomic E-state index is 0.0356. The molecule has 2 amide bonds. The maximum absolute atomic E-state index is 14.1. The van der Waals surface area contributed by atoms with E-state index in [0.29, 0.717) is 18.0 Å². The molecule has 0 aliphatic heterocycles. The quantitative estimate of drug-likeness (QED) is 0.0725. The van der Waals surface area contributed by atoms with Crippen molar-refractivity contribution in [2.24, 2.45) is 11.8 Å². The Bertz CT molecular complexity index is 1680. The molecule has 3 aromatic rings. The summed E-state index contributed by atoms with van der Waals surface area (Å²) in [6.45, 7) is 7.16. The summed E-state index contributed by atoms with van der Waals surface area (Å²) in [4.78, 5) is 64.5. The number of esters is 1. The van der Waals surface area contributed by atoms with Crippen LogP contribution in [-0.2, 0) is 35.3 Å². The number of rotatable bonds is 17.